The molecule has 1 aromatic heterocycles. The van der Waals surface area contributed by atoms with Gasteiger partial charge in [0, 0.05) is 18.4 Å². The van der Waals surface area contributed by atoms with E-state index >= 15 is 0 Å². The molecular formula is C16H23N3O2S. The van der Waals surface area contributed by atoms with Crippen molar-refractivity contribution in [2.75, 3.05) is 16.9 Å². The summed E-state index contributed by atoms with van der Waals surface area (Å²) in [6.45, 7) is 7.98. The van der Waals surface area contributed by atoms with Crippen molar-refractivity contribution in [3.05, 3.63) is 23.9 Å². The Balaban J connectivity index is 2.05. The molecule has 5 nitrogen and oxygen atoms in total. The van der Waals surface area contributed by atoms with Gasteiger partial charge >= 0.3 is 0 Å². The Morgan fingerprint density at radius 3 is 2.82 bits per heavy atom. The van der Waals surface area contributed by atoms with Crippen LogP contribution in [0.15, 0.2) is 18.3 Å². The van der Waals surface area contributed by atoms with Crippen molar-refractivity contribution in [3.63, 3.8) is 0 Å². The molecule has 0 bridgehead atoms. The van der Waals surface area contributed by atoms with Crippen LogP contribution in [0, 0.1) is 12.3 Å². The Morgan fingerprint density at radius 2 is 2.18 bits per heavy atom. The molecule has 1 unspecified atom stereocenters. The predicted octanol–water partition coefficient (Wildman–Crippen LogP) is 2.67. The summed E-state index contributed by atoms with van der Waals surface area (Å²) in [6, 6.07) is 3.31. The minimum Gasteiger partial charge on any atom is -0.321 e. The van der Waals surface area contributed by atoms with Crippen molar-refractivity contribution in [1.82, 2.24) is 9.88 Å². The Labute approximate surface area is 135 Å². The highest BCUT2D eigenvalue weighted by atomic mass is 32.2. The molecule has 1 aliphatic rings. The maximum atomic E-state index is 12.5. The largest absolute Gasteiger partial charge is 0.321 e. The molecule has 1 atom stereocenters. The summed E-state index contributed by atoms with van der Waals surface area (Å²) in [5.74, 6) is 1.65. The second-order valence-electron chi connectivity index (χ2n) is 6.77. The van der Waals surface area contributed by atoms with Gasteiger partial charge in [-0.15, -0.1) is 11.8 Å². The fraction of sp³-hybridized carbons (Fsp3) is 0.562. The first-order valence-electron chi connectivity index (χ1n) is 7.37. The Bertz CT molecular complexity index is 569. The zero-order valence-corrected chi connectivity index (χ0v) is 14.4. The number of anilines is 1. The van der Waals surface area contributed by atoms with Crippen LogP contribution < -0.4 is 5.32 Å². The smallest absolute Gasteiger partial charge is 0.249 e. The number of rotatable bonds is 3. The molecule has 0 radical (unpaired) electrons. The molecule has 1 aliphatic heterocycles. The van der Waals surface area contributed by atoms with E-state index in [4.69, 9.17) is 0 Å². The number of thioether (sulfide) groups is 1. The number of hydrogen-bond donors (Lipinski definition) is 1. The molecule has 0 aliphatic carbocycles. The molecule has 1 N–H and O–H groups in total. The van der Waals surface area contributed by atoms with Crippen molar-refractivity contribution in [1.29, 1.82) is 0 Å². The molecule has 22 heavy (non-hydrogen) atoms. The summed E-state index contributed by atoms with van der Waals surface area (Å²) in [4.78, 5) is 30.8. The highest BCUT2D eigenvalue weighted by Gasteiger charge is 2.36. The number of carbonyl (C=O) groups excluding carboxylic acids is 2. The van der Waals surface area contributed by atoms with Gasteiger partial charge in [-0.2, -0.15) is 0 Å². The van der Waals surface area contributed by atoms with Crippen LogP contribution in [0.5, 0.6) is 0 Å². The lowest BCUT2D eigenvalue weighted by atomic mass is 9.91. The molecule has 1 aromatic rings. The lowest BCUT2D eigenvalue weighted by Gasteiger charge is -2.26. The van der Waals surface area contributed by atoms with Gasteiger partial charge in [-0.25, -0.2) is 4.98 Å². The van der Waals surface area contributed by atoms with Crippen LogP contribution in [0.25, 0.3) is 0 Å². The van der Waals surface area contributed by atoms with Gasteiger partial charge in [0.1, 0.15) is 11.9 Å². The van der Waals surface area contributed by atoms with E-state index in [9.17, 15) is 9.59 Å². The molecule has 1 fully saturated rings. The van der Waals surface area contributed by atoms with Gasteiger partial charge in [0.25, 0.3) is 0 Å². The predicted molar refractivity (Wildman–Crippen MR) is 89.6 cm³/mol. The van der Waals surface area contributed by atoms with Crippen LogP contribution in [0.1, 0.15) is 32.8 Å². The van der Waals surface area contributed by atoms with E-state index in [1.54, 1.807) is 22.9 Å². The monoisotopic (exact) mass is 321 g/mol. The number of nitrogens with one attached hydrogen (secondary N) is 1. The first-order chi connectivity index (χ1) is 10.3. The molecule has 0 aromatic carbocycles. The number of hydrogen-bond acceptors (Lipinski definition) is 4. The molecule has 2 rings (SSSR count). The first kappa shape index (κ1) is 16.8. The molecule has 0 spiro atoms. The van der Waals surface area contributed by atoms with E-state index < -0.39 is 6.04 Å². The summed E-state index contributed by atoms with van der Waals surface area (Å²) in [7, 11) is 0. The van der Waals surface area contributed by atoms with Crippen molar-refractivity contribution in [3.8, 4) is 0 Å². The number of nitrogens with zero attached hydrogens (tertiary/aromatic N) is 2. The minimum absolute atomic E-state index is 0.0374. The highest BCUT2D eigenvalue weighted by molar-refractivity contribution is 7.99. The number of carbonyl (C=O) groups is 2. The Morgan fingerprint density at radius 1 is 1.45 bits per heavy atom. The lowest BCUT2D eigenvalue weighted by molar-refractivity contribution is -0.137. The average molecular weight is 321 g/mol. The van der Waals surface area contributed by atoms with Crippen molar-refractivity contribution >= 4 is 29.4 Å². The zero-order valence-electron chi connectivity index (χ0n) is 13.5. The number of aryl methyl sites for hydroxylation is 1. The lowest BCUT2D eigenvalue weighted by Crippen LogP contribution is -2.45. The second kappa shape index (κ2) is 6.69. The second-order valence-corrected chi connectivity index (χ2v) is 7.77. The van der Waals surface area contributed by atoms with E-state index in [-0.39, 0.29) is 17.2 Å². The van der Waals surface area contributed by atoms with Gasteiger partial charge in [-0.1, -0.05) is 26.8 Å². The van der Waals surface area contributed by atoms with Crippen LogP contribution in [0.2, 0.25) is 0 Å². The van der Waals surface area contributed by atoms with Crippen molar-refractivity contribution in [2.45, 2.75) is 40.2 Å². The third-order valence-electron chi connectivity index (χ3n) is 3.44. The number of pyridine rings is 1. The van der Waals surface area contributed by atoms with E-state index in [0.717, 1.165) is 5.56 Å². The topological polar surface area (TPSA) is 62.3 Å². The molecule has 6 heteroatoms. The van der Waals surface area contributed by atoms with E-state index in [1.165, 1.54) is 0 Å². The maximum absolute atomic E-state index is 12.5. The van der Waals surface area contributed by atoms with Crippen LogP contribution in [-0.4, -0.2) is 39.4 Å². The minimum atomic E-state index is -0.416. The van der Waals surface area contributed by atoms with E-state index in [2.05, 4.69) is 10.3 Å². The van der Waals surface area contributed by atoms with Crippen LogP contribution in [0.4, 0.5) is 5.82 Å². The first-order valence-corrected chi connectivity index (χ1v) is 8.53. The number of amides is 2. The zero-order chi connectivity index (χ0) is 16.3. The standard InChI is InChI=1S/C16H23N3O2S/c1-11-6-5-7-17-14(11)18-15(21)12-9-22-10-19(12)13(20)8-16(2,3)4/h5-7,12H,8-10H2,1-4H3,(H,17,18,21). The fourth-order valence-corrected chi connectivity index (χ4v) is 3.46. The molecular weight excluding hydrogens is 298 g/mol. The average Bonchev–Trinajstić information content (AvgIpc) is 2.89. The normalized spacial score (nSPS) is 18.4. The Kier molecular flexibility index (Phi) is 5.11. The molecule has 2 amide bonds. The quantitative estimate of drug-likeness (QED) is 0.930. The summed E-state index contributed by atoms with van der Waals surface area (Å²) in [6.07, 6.45) is 2.09. The number of aromatic nitrogens is 1. The summed E-state index contributed by atoms with van der Waals surface area (Å²) < 4.78 is 0. The summed E-state index contributed by atoms with van der Waals surface area (Å²) in [5.41, 5.74) is 0.831. The molecule has 1 saturated heterocycles. The van der Waals surface area contributed by atoms with Crippen LogP contribution in [0.3, 0.4) is 0 Å². The highest BCUT2D eigenvalue weighted by Crippen LogP contribution is 2.27. The summed E-state index contributed by atoms with van der Waals surface area (Å²) in [5, 5.41) is 2.84. The maximum Gasteiger partial charge on any atom is 0.249 e. The van der Waals surface area contributed by atoms with Crippen molar-refractivity contribution in [2.24, 2.45) is 5.41 Å². The van der Waals surface area contributed by atoms with Crippen LogP contribution in [-0.2, 0) is 9.59 Å². The van der Waals surface area contributed by atoms with Crippen molar-refractivity contribution < 1.29 is 9.59 Å². The molecule has 2 heterocycles. The SMILES string of the molecule is Cc1cccnc1NC(=O)C1CSCN1C(=O)CC(C)(C)C. The molecule has 120 valence electrons. The van der Waals surface area contributed by atoms with Crippen LogP contribution >= 0.6 is 11.8 Å². The summed E-state index contributed by atoms with van der Waals surface area (Å²) >= 11 is 1.61. The van der Waals surface area contributed by atoms with E-state index in [1.807, 2.05) is 39.8 Å². The van der Waals surface area contributed by atoms with Gasteiger partial charge in [0.2, 0.25) is 11.8 Å². The van der Waals surface area contributed by atoms with E-state index in [0.29, 0.717) is 23.9 Å². The van der Waals surface area contributed by atoms with Gasteiger partial charge < -0.3 is 10.2 Å². The Hall–Kier alpha value is -1.56. The van der Waals surface area contributed by atoms with Gasteiger partial charge in [-0.05, 0) is 24.0 Å². The fourth-order valence-electron chi connectivity index (χ4n) is 2.28. The molecule has 0 saturated carbocycles. The third-order valence-corrected chi connectivity index (χ3v) is 4.45. The van der Waals surface area contributed by atoms with Gasteiger partial charge in [0.15, 0.2) is 0 Å². The van der Waals surface area contributed by atoms with Gasteiger partial charge in [-0.3, -0.25) is 9.59 Å². The third kappa shape index (κ3) is 4.22. The van der Waals surface area contributed by atoms with Gasteiger partial charge in [0.05, 0.1) is 5.88 Å².